The molecule has 0 N–H and O–H groups in total. The number of hydrogen-bond acceptors (Lipinski definition) is 3. The Balaban J connectivity index is 1.05. The summed E-state index contributed by atoms with van der Waals surface area (Å²) in [5.74, 6) is 0. The van der Waals surface area contributed by atoms with Gasteiger partial charge < -0.3 is 9.32 Å². The number of thiophene rings is 1. The molecule has 0 amide bonds. The van der Waals surface area contributed by atoms with Crippen LogP contribution >= 0.6 is 11.3 Å². The lowest BCUT2D eigenvalue weighted by Gasteiger charge is -2.28. The van der Waals surface area contributed by atoms with E-state index in [2.05, 4.69) is 189 Å². The first-order chi connectivity index (χ1) is 26.5. The zero-order valence-corrected chi connectivity index (χ0v) is 30.8. The van der Waals surface area contributed by atoms with Gasteiger partial charge in [0.15, 0.2) is 0 Å². The lowest BCUT2D eigenvalue weighted by atomic mass is 9.82. The summed E-state index contributed by atoms with van der Waals surface area (Å²) in [4.78, 5) is 2.42. The Morgan fingerprint density at radius 2 is 1.04 bits per heavy atom. The minimum absolute atomic E-state index is 0.0979. The van der Waals surface area contributed by atoms with Crippen molar-refractivity contribution in [1.82, 2.24) is 0 Å². The molecule has 2 heterocycles. The zero-order valence-electron chi connectivity index (χ0n) is 30.0. The molecule has 0 saturated heterocycles. The first kappa shape index (κ1) is 31.1. The molecule has 0 fully saturated rings. The van der Waals surface area contributed by atoms with Gasteiger partial charge in [0.25, 0.3) is 0 Å². The number of hydrogen-bond donors (Lipinski definition) is 0. The van der Waals surface area contributed by atoms with Crippen molar-refractivity contribution in [3.63, 3.8) is 0 Å². The van der Waals surface area contributed by atoms with E-state index >= 15 is 0 Å². The fraction of sp³-hybridized carbons (Fsp3) is 0.0588. The van der Waals surface area contributed by atoms with E-state index in [0.29, 0.717) is 0 Å². The SMILES string of the molecule is CC1(C)c2ccccc2-c2ccc(N(c3ccc(-c4ccccc4-c4cccc5c4oc4ccccc45)cc3)c3ccc4c(c3)sc3ccccc34)cc21. The molecule has 1 aliphatic rings. The van der Waals surface area contributed by atoms with Gasteiger partial charge in [-0.15, -0.1) is 11.3 Å². The molecular weight excluding hydrogens is 675 g/mol. The van der Waals surface area contributed by atoms with Gasteiger partial charge in [0.1, 0.15) is 11.2 Å². The van der Waals surface area contributed by atoms with Gasteiger partial charge in [-0.3, -0.25) is 0 Å². The van der Waals surface area contributed by atoms with Gasteiger partial charge in [0.05, 0.1) is 0 Å². The summed E-state index contributed by atoms with van der Waals surface area (Å²) in [5.41, 5.74) is 15.1. The van der Waals surface area contributed by atoms with Crippen LogP contribution in [0.4, 0.5) is 17.1 Å². The molecule has 3 heteroatoms. The second-order valence-electron chi connectivity index (χ2n) is 14.9. The summed E-state index contributed by atoms with van der Waals surface area (Å²) in [6.45, 7) is 4.71. The average molecular weight is 710 g/mol. The van der Waals surface area contributed by atoms with E-state index < -0.39 is 0 Å². The predicted molar refractivity (Wildman–Crippen MR) is 230 cm³/mol. The van der Waals surface area contributed by atoms with E-state index in [1.807, 2.05) is 17.4 Å². The molecule has 0 saturated carbocycles. The summed E-state index contributed by atoms with van der Waals surface area (Å²) >= 11 is 1.86. The largest absolute Gasteiger partial charge is 0.455 e. The van der Waals surface area contributed by atoms with E-state index in [4.69, 9.17) is 4.42 Å². The first-order valence-corrected chi connectivity index (χ1v) is 19.4. The topological polar surface area (TPSA) is 16.4 Å². The maximum atomic E-state index is 6.49. The molecular formula is C51H35NOS. The number of fused-ring (bicyclic) bond motifs is 9. The Bertz CT molecular complexity index is 3090. The average Bonchev–Trinajstić information content (AvgIpc) is 3.86. The van der Waals surface area contributed by atoms with Crippen LogP contribution < -0.4 is 4.90 Å². The van der Waals surface area contributed by atoms with Gasteiger partial charge in [-0.2, -0.15) is 0 Å². The van der Waals surface area contributed by atoms with Gasteiger partial charge >= 0.3 is 0 Å². The van der Waals surface area contributed by atoms with Crippen LogP contribution in [0, 0.1) is 0 Å². The monoisotopic (exact) mass is 709 g/mol. The summed E-state index contributed by atoms with van der Waals surface area (Å²) in [6.07, 6.45) is 0. The summed E-state index contributed by atoms with van der Waals surface area (Å²) in [5, 5.41) is 4.90. The van der Waals surface area contributed by atoms with Gasteiger partial charge in [-0.05, 0) is 87.5 Å². The van der Waals surface area contributed by atoms with Crippen molar-refractivity contribution in [2.24, 2.45) is 0 Å². The Kier molecular flexibility index (Phi) is 6.80. The van der Waals surface area contributed by atoms with Crippen LogP contribution in [0.1, 0.15) is 25.0 Å². The molecule has 1 aliphatic carbocycles. The van der Waals surface area contributed by atoms with Crippen molar-refractivity contribution in [2.45, 2.75) is 19.3 Å². The molecule has 256 valence electrons. The molecule has 0 aliphatic heterocycles. The van der Waals surface area contributed by atoms with Gasteiger partial charge in [-0.1, -0.05) is 141 Å². The van der Waals surface area contributed by atoms with Gasteiger partial charge in [-0.25, -0.2) is 0 Å². The van der Waals surface area contributed by atoms with Crippen molar-refractivity contribution >= 4 is 70.5 Å². The Labute approximate surface area is 318 Å². The minimum atomic E-state index is -0.0979. The third-order valence-corrected chi connectivity index (χ3v) is 12.6. The molecule has 8 aromatic carbocycles. The highest BCUT2D eigenvalue weighted by Crippen LogP contribution is 2.51. The summed E-state index contributed by atoms with van der Waals surface area (Å²) in [7, 11) is 0. The number of para-hydroxylation sites is 2. The molecule has 2 nitrogen and oxygen atoms in total. The second kappa shape index (κ2) is 11.8. The number of benzene rings is 8. The fourth-order valence-corrected chi connectivity index (χ4v) is 9.99. The second-order valence-corrected chi connectivity index (χ2v) is 16.0. The van der Waals surface area contributed by atoms with Crippen LogP contribution in [0.3, 0.4) is 0 Å². The Morgan fingerprint density at radius 3 is 1.91 bits per heavy atom. The molecule has 0 spiro atoms. The molecule has 11 rings (SSSR count). The van der Waals surface area contributed by atoms with Crippen molar-refractivity contribution in [3.05, 3.63) is 187 Å². The molecule has 54 heavy (non-hydrogen) atoms. The van der Waals surface area contributed by atoms with Crippen LogP contribution in [0.5, 0.6) is 0 Å². The fourth-order valence-electron chi connectivity index (χ4n) is 8.85. The van der Waals surface area contributed by atoms with Crippen LogP contribution in [0.15, 0.2) is 180 Å². The number of nitrogens with zero attached hydrogens (tertiary/aromatic N) is 1. The highest BCUT2D eigenvalue weighted by molar-refractivity contribution is 7.25. The lowest BCUT2D eigenvalue weighted by Crippen LogP contribution is -2.16. The number of furan rings is 1. The first-order valence-electron chi connectivity index (χ1n) is 18.6. The van der Waals surface area contributed by atoms with Crippen molar-refractivity contribution in [3.8, 4) is 33.4 Å². The van der Waals surface area contributed by atoms with E-state index in [1.165, 1.54) is 48.0 Å². The van der Waals surface area contributed by atoms with Crippen molar-refractivity contribution < 1.29 is 4.42 Å². The molecule has 2 aromatic heterocycles. The van der Waals surface area contributed by atoms with E-state index in [9.17, 15) is 0 Å². The lowest BCUT2D eigenvalue weighted by molar-refractivity contribution is 0.660. The normalized spacial score (nSPS) is 13.1. The number of rotatable bonds is 5. The number of anilines is 3. The quantitative estimate of drug-likeness (QED) is 0.177. The third-order valence-electron chi connectivity index (χ3n) is 11.5. The van der Waals surface area contributed by atoms with E-state index in [-0.39, 0.29) is 5.41 Å². The smallest absolute Gasteiger partial charge is 0.143 e. The molecule has 0 atom stereocenters. The van der Waals surface area contributed by atoms with E-state index in [1.54, 1.807) is 0 Å². The Hall–Kier alpha value is -6.42. The van der Waals surface area contributed by atoms with E-state index in [0.717, 1.165) is 55.7 Å². The minimum Gasteiger partial charge on any atom is -0.455 e. The summed E-state index contributed by atoms with van der Waals surface area (Å²) < 4.78 is 9.09. The van der Waals surface area contributed by atoms with Gasteiger partial charge in [0.2, 0.25) is 0 Å². The van der Waals surface area contributed by atoms with Crippen LogP contribution in [0.25, 0.3) is 75.5 Å². The highest BCUT2D eigenvalue weighted by atomic mass is 32.1. The maximum absolute atomic E-state index is 6.49. The van der Waals surface area contributed by atoms with Crippen LogP contribution in [-0.4, -0.2) is 0 Å². The third kappa shape index (κ3) is 4.65. The van der Waals surface area contributed by atoms with Crippen molar-refractivity contribution in [1.29, 1.82) is 0 Å². The maximum Gasteiger partial charge on any atom is 0.143 e. The standard InChI is InChI=1S/C51H35NOS/c1-51(2)45-19-8-5-14-38(45)39-28-26-34(30-46(39)51)52(35-27-29-42-41-16-7-10-21-48(41)54-49(42)31-35)33-24-22-32(23-25-33)36-12-3-4-13-37(36)43-17-11-18-44-40-15-6-9-20-47(40)53-50(43)44/h3-31H,1-2H3. The van der Waals surface area contributed by atoms with Crippen LogP contribution in [0.2, 0.25) is 0 Å². The Morgan fingerprint density at radius 1 is 0.426 bits per heavy atom. The predicted octanol–water partition coefficient (Wildman–Crippen LogP) is 15.1. The highest BCUT2D eigenvalue weighted by Gasteiger charge is 2.35. The van der Waals surface area contributed by atoms with Crippen LogP contribution in [-0.2, 0) is 5.41 Å². The van der Waals surface area contributed by atoms with Crippen molar-refractivity contribution in [2.75, 3.05) is 4.90 Å². The molecule has 0 unspecified atom stereocenters. The van der Waals surface area contributed by atoms with Gasteiger partial charge in [0, 0.05) is 59.0 Å². The summed E-state index contributed by atoms with van der Waals surface area (Å²) in [6, 6.07) is 64.1. The molecule has 0 radical (unpaired) electrons. The molecule has 0 bridgehead atoms. The molecule has 10 aromatic rings. The zero-order chi connectivity index (χ0) is 36.0.